The predicted molar refractivity (Wildman–Crippen MR) is 75.9 cm³/mol. The lowest BCUT2D eigenvalue weighted by Gasteiger charge is -2.25. The summed E-state index contributed by atoms with van der Waals surface area (Å²) >= 11 is 2.98. The molecule has 19 heavy (non-hydrogen) atoms. The van der Waals surface area contributed by atoms with Gasteiger partial charge in [-0.05, 0) is 43.2 Å². The number of hydrogen-bond acceptors (Lipinski definition) is 4. The van der Waals surface area contributed by atoms with Gasteiger partial charge >= 0.3 is 5.97 Å². The summed E-state index contributed by atoms with van der Waals surface area (Å²) in [6.07, 6.45) is 1.73. The van der Waals surface area contributed by atoms with Crippen molar-refractivity contribution < 1.29 is 14.7 Å². The first-order valence-electron chi connectivity index (χ1n) is 6.03. The fourth-order valence-corrected chi connectivity index (χ4v) is 4.17. The maximum absolute atomic E-state index is 12.2. The van der Waals surface area contributed by atoms with E-state index in [-0.39, 0.29) is 11.8 Å². The molecule has 1 amide bonds. The number of hydrogen-bond donors (Lipinski definition) is 2. The largest absolute Gasteiger partial charge is 0.480 e. The summed E-state index contributed by atoms with van der Waals surface area (Å²) in [6, 6.07) is 3.80. The molecular weight excluding hydrogens is 282 g/mol. The van der Waals surface area contributed by atoms with Crippen molar-refractivity contribution in [1.82, 2.24) is 5.32 Å². The van der Waals surface area contributed by atoms with Gasteiger partial charge in [-0.2, -0.15) is 0 Å². The minimum atomic E-state index is -1.14. The highest BCUT2D eigenvalue weighted by atomic mass is 32.1. The van der Waals surface area contributed by atoms with Crippen LogP contribution in [0.25, 0.3) is 9.40 Å². The van der Waals surface area contributed by atoms with Gasteiger partial charge in [-0.3, -0.25) is 4.79 Å². The van der Waals surface area contributed by atoms with E-state index < -0.39 is 11.5 Å². The lowest BCUT2D eigenvalue weighted by molar-refractivity contribution is -0.144. The number of carbonyl (C=O) groups excluding carboxylic acids is 1. The van der Waals surface area contributed by atoms with Gasteiger partial charge in [-0.1, -0.05) is 0 Å². The van der Waals surface area contributed by atoms with Gasteiger partial charge in [0.2, 0.25) is 0 Å². The quantitative estimate of drug-likeness (QED) is 0.911. The number of rotatable bonds is 4. The summed E-state index contributed by atoms with van der Waals surface area (Å²) in [4.78, 5) is 24.2. The fraction of sp³-hybridized carbons (Fsp3) is 0.385. The Kier molecular flexibility index (Phi) is 2.87. The van der Waals surface area contributed by atoms with Gasteiger partial charge in [0.25, 0.3) is 5.91 Å². The molecule has 1 unspecified atom stereocenters. The molecule has 0 radical (unpaired) electrons. The molecule has 4 nitrogen and oxygen atoms in total. The Balaban J connectivity index is 1.84. The highest BCUT2D eigenvalue weighted by Gasteiger charge is 2.48. The highest BCUT2D eigenvalue weighted by Crippen LogP contribution is 2.40. The third-order valence-corrected chi connectivity index (χ3v) is 5.67. The second kappa shape index (κ2) is 4.31. The summed E-state index contributed by atoms with van der Waals surface area (Å²) in [5, 5.41) is 14.0. The summed E-state index contributed by atoms with van der Waals surface area (Å²) in [5.41, 5.74) is -1.14. The van der Waals surface area contributed by atoms with Crippen LogP contribution in [0.4, 0.5) is 0 Å². The molecule has 1 saturated carbocycles. The molecule has 3 rings (SSSR count). The van der Waals surface area contributed by atoms with Gasteiger partial charge in [0.15, 0.2) is 0 Å². The summed E-state index contributed by atoms with van der Waals surface area (Å²) in [7, 11) is 0. The van der Waals surface area contributed by atoms with Crippen molar-refractivity contribution in [2.24, 2.45) is 5.92 Å². The third-order valence-electron chi connectivity index (χ3n) is 3.57. The zero-order chi connectivity index (χ0) is 13.6. The Labute approximate surface area is 118 Å². The Morgan fingerprint density at radius 2 is 2.16 bits per heavy atom. The SMILES string of the molecule is CC(NC(=O)c1cc2sccc2s1)(C(=O)O)C1CC1. The molecule has 0 aliphatic heterocycles. The second-order valence-electron chi connectivity index (χ2n) is 5.00. The Bertz CT molecular complexity index is 627. The number of carbonyl (C=O) groups is 2. The normalized spacial score (nSPS) is 18.2. The van der Waals surface area contributed by atoms with Crippen LogP contribution in [0.2, 0.25) is 0 Å². The van der Waals surface area contributed by atoms with Crippen LogP contribution in [-0.2, 0) is 4.79 Å². The molecule has 2 N–H and O–H groups in total. The maximum Gasteiger partial charge on any atom is 0.329 e. The lowest BCUT2D eigenvalue weighted by Crippen LogP contribution is -2.53. The van der Waals surface area contributed by atoms with Crippen LogP contribution in [0, 0.1) is 5.92 Å². The fourth-order valence-electron chi connectivity index (χ4n) is 2.17. The number of aliphatic carboxylic acids is 1. The first-order chi connectivity index (χ1) is 9.00. The second-order valence-corrected chi connectivity index (χ2v) is 7.03. The molecule has 100 valence electrons. The molecule has 0 bridgehead atoms. The van der Waals surface area contributed by atoms with Gasteiger partial charge in [0.05, 0.1) is 4.88 Å². The van der Waals surface area contributed by atoms with Crippen LogP contribution in [0.3, 0.4) is 0 Å². The summed E-state index contributed by atoms with van der Waals surface area (Å²) < 4.78 is 2.14. The minimum absolute atomic E-state index is 0.0510. The van der Waals surface area contributed by atoms with Crippen molar-refractivity contribution in [3.8, 4) is 0 Å². The monoisotopic (exact) mass is 295 g/mol. The van der Waals surface area contributed by atoms with Gasteiger partial charge in [0.1, 0.15) is 5.54 Å². The molecule has 2 heterocycles. The molecule has 0 spiro atoms. The average molecular weight is 295 g/mol. The Morgan fingerprint density at radius 1 is 1.42 bits per heavy atom. The zero-order valence-electron chi connectivity index (χ0n) is 10.3. The van der Waals surface area contributed by atoms with E-state index in [0.29, 0.717) is 4.88 Å². The topological polar surface area (TPSA) is 66.4 Å². The van der Waals surface area contributed by atoms with Gasteiger partial charge < -0.3 is 10.4 Å². The number of amides is 1. The molecule has 1 fully saturated rings. The summed E-state index contributed by atoms with van der Waals surface area (Å²) in [5.74, 6) is -1.19. The van der Waals surface area contributed by atoms with Crippen molar-refractivity contribution in [1.29, 1.82) is 0 Å². The van der Waals surface area contributed by atoms with Gasteiger partial charge in [-0.25, -0.2) is 4.79 Å². The number of fused-ring (bicyclic) bond motifs is 1. The van der Waals surface area contributed by atoms with E-state index in [1.54, 1.807) is 18.3 Å². The molecule has 1 aliphatic carbocycles. The van der Waals surface area contributed by atoms with Crippen LogP contribution < -0.4 is 5.32 Å². The number of thiophene rings is 2. The molecule has 1 aliphatic rings. The number of carboxylic acid groups (broad SMARTS) is 1. The van der Waals surface area contributed by atoms with E-state index in [9.17, 15) is 14.7 Å². The van der Waals surface area contributed by atoms with E-state index in [2.05, 4.69) is 5.32 Å². The van der Waals surface area contributed by atoms with E-state index in [1.165, 1.54) is 11.3 Å². The Morgan fingerprint density at radius 3 is 2.74 bits per heavy atom. The first kappa shape index (κ1) is 12.6. The molecule has 1 atom stereocenters. The van der Waals surface area contributed by atoms with Crippen LogP contribution >= 0.6 is 22.7 Å². The van der Waals surface area contributed by atoms with E-state index in [4.69, 9.17) is 0 Å². The standard InChI is InChI=1S/C13H13NO3S2/c1-13(12(16)17,7-2-3-7)14-11(15)10-6-9-8(19-10)4-5-18-9/h4-7H,2-3H2,1H3,(H,14,15)(H,16,17). The molecule has 6 heteroatoms. The lowest BCUT2D eigenvalue weighted by atomic mass is 9.96. The van der Waals surface area contributed by atoms with E-state index in [0.717, 1.165) is 22.2 Å². The third kappa shape index (κ3) is 2.15. The minimum Gasteiger partial charge on any atom is -0.480 e. The van der Waals surface area contributed by atoms with E-state index in [1.807, 2.05) is 17.5 Å². The molecule has 0 aromatic carbocycles. The van der Waals surface area contributed by atoms with E-state index >= 15 is 0 Å². The molecule has 2 aromatic heterocycles. The van der Waals surface area contributed by atoms with Crippen molar-refractivity contribution in [2.45, 2.75) is 25.3 Å². The zero-order valence-corrected chi connectivity index (χ0v) is 11.9. The van der Waals surface area contributed by atoms with Crippen LogP contribution in [0.5, 0.6) is 0 Å². The Hall–Kier alpha value is -1.40. The predicted octanol–water partition coefficient (Wildman–Crippen LogP) is 2.95. The number of nitrogens with one attached hydrogen (secondary N) is 1. The van der Waals surface area contributed by atoms with Crippen LogP contribution in [0.1, 0.15) is 29.4 Å². The van der Waals surface area contributed by atoms with Crippen molar-refractivity contribution in [2.75, 3.05) is 0 Å². The van der Waals surface area contributed by atoms with Crippen LogP contribution in [-0.4, -0.2) is 22.5 Å². The van der Waals surface area contributed by atoms with Crippen molar-refractivity contribution >= 4 is 43.9 Å². The highest BCUT2D eigenvalue weighted by molar-refractivity contribution is 7.27. The number of carboxylic acids is 1. The van der Waals surface area contributed by atoms with Crippen molar-refractivity contribution in [3.63, 3.8) is 0 Å². The molecule has 0 saturated heterocycles. The molecular formula is C13H13NO3S2. The van der Waals surface area contributed by atoms with Crippen molar-refractivity contribution in [3.05, 3.63) is 22.4 Å². The first-order valence-corrected chi connectivity index (χ1v) is 7.73. The van der Waals surface area contributed by atoms with Crippen LogP contribution in [0.15, 0.2) is 17.5 Å². The molecule has 2 aromatic rings. The smallest absolute Gasteiger partial charge is 0.329 e. The average Bonchev–Trinajstić information content (AvgIpc) is 2.98. The van der Waals surface area contributed by atoms with Gasteiger partial charge in [0, 0.05) is 9.40 Å². The van der Waals surface area contributed by atoms with Gasteiger partial charge in [-0.15, -0.1) is 22.7 Å². The summed E-state index contributed by atoms with van der Waals surface area (Å²) in [6.45, 7) is 1.60. The maximum atomic E-state index is 12.2.